The van der Waals surface area contributed by atoms with Crippen molar-refractivity contribution in [3.63, 3.8) is 0 Å². The molecule has 0 nitrogen and oxygen atoms in total. The molecule has 0 aromatic carbocycles. The van der Waals surface area contributed by atoms with E-state index in [0.717, 1.165) is 11.7 Å². The van der Waals surface area contributed by atoms with Crippen LogP contribution in [0, 0.1) is 5.92 Å². The van der Waals surface area contributed by atoms with E-state index in [0.29, 0.717) is 0 Å². The van der Waals surface area contributed by atoms with Crippen molar-refractivity contribution in [3.8, 4) is 0 Å². The first-order chi connectivity index (χ1) is 5.85. The molecule has 0 heterocycles. The van der Waals surface area contributed by atoms with Gasteiger partial charge in [0.15, 0.2) is 0 Å². The van der Waals surface area contributed by atoms with Crippen LogP contribution in [-0.2, 0) is 0 Å². The minimum absolute atomic E-state index is 0.951. The van der Waals surface area contributed by atoms with Gasteiger partial charge in [-0.25, -0.2) is 0 Å². The van der Waals surface area contributed by atoms with Gasteiger partial charge in [0.05, 0.1) is 0 Å². The van der Waals surface area contributed by atoms with Crippen molar-refractivity contribution in [1.82, 2.24) is 0 Å². The Hall–Kier alpha value is 0.350. The molecule has 0 fully saturated rings. The third kappa shape index (κ3) is 7.02. The Balaban J connectivity index is 3.40. The molecule has 0 saturated heterocycles. The summed E-state index contributed by atoms with van der Waals surface area (Å²) in [6, 6.07) is 0. The van der Waals surface area contributed by atoms with Gasteiger partial charge in [0, 0.05) is 5.75 Å². The van der Waals surface area contributed by atoms with Crippen LogP contribution in [0.25, 0.3) is 0 Å². The number of hydrogen-bond acceptors (Lipinski definition) is 0. The number of hydrogen-bond donors (Lipinski definition) is 0. The van der Waals surface area contributed by atoms with Gasteiger partial charge in [-0.05, 0) is 18.8 Å². The average Bonchev–Trinajstić information content (AvgIpc) is 2.10. The first kappa shape index (κ1) is 12.3. The normalized spacial score (nSPS) is 13.2. The lowest BCUT2D eigenvalue weighted by Crippen LogP contribution is -2.00. The highest BCUT2D eigenvalue weighted by atomic mass is 32.1. The molecule has 0 N–H and O–H groups in total. The second-order valence-electron chi connectivity index (χ2n) is 3.64. The van der Waals surface area contributed by atoms with Crippen LogP contribution in [0.4, 0.5) is 0 Å². The van der Waals surface area contributed by atoms with Crippen molar-refractivity contribution >= 4 is 12.6 Å². The minimum Gasteiger partial charge on any atom is -0.0942 e. The van der Waals surface area contributed by atoms with Crippen LogP contribution in [0.3, 0.4) is 0 Å². The van der Waals surface area contributed by atoms with Crippen LogP contribution in [-0.4, -0.2) is 5.75 Å². The third-order valence-electron chi connectivity index (χ3n) is 2.42. The Morgan fingerprint density at radius 1 is 0.917 bits per heavy atom. The maximum atomic E-state index is 4.97. The first-order valence-corrected chi connectivity index (χ1v) is 6.00. The Morgan fingerprint density at radius 3 is 2.08 bits per heavy atom. The van der Waals surface area contributed by atoms with Gasteiger partial charge in [-0.1, -0.05) is 58.6 Å². The van der Waals surface area contributed by atoms with Crippen LogP contribution in [0.15, 0.2) is 0 Å². The molecule has 0 saturated carbocycles. The highest BCUT2D eigenvalue weighted by Crippen LogP contribution is 2.20. The zero-order valence-electron chi connectivity index (χ0n) is 8.64. The van der Waals surface area contributed by atoms with E-state index in [1.165, 1.54) is 44.9 Å². The monoisotopic (exact) mass is 187 g/mol. The van der Waals surface area contributed by atoms with Crippen LogP contribution >= 0.6 is 12.6 Å². The smallest absolute Gasteiger partial charge is 0.00370 e. The fraction of sp³-hybridized carbons (Fsp3) is 1.00. The molecule has 73 valence electrons. The molecule has 0 aliphatic rings. The van der Waals surface area contributed by atoms with Gasteiger partial charge in [-0.3, -0.25) is 0 Å². The van der Waals surface area contributed by atoms with Crippen molar-refractivity contribution in [1.29, 1.82) is 0 Å². The summed E-state index contributed by atoms with van der Waals surface area (Å²) in [6.45, 7) is 4.56. The van der Waals surface area contributed by atoms with Crippen LogP contribution in [0.2, 0.25) is 0 Å². The SMILES string of the molecule is CCCCC(CCC)CCC[S]. The second-order valence-corrected chi connectivity index (χ2v) is 4.05. The molecule has 0 aromatic heterocycles. The fourth-order valence-electron chi connectivity index (χ4n) is 1.71. The molecule has 0 rings (SSSR count). The van der Waals surface area contributed by atoms with Crippen molar-refractivity contribution in [2.45, 2.75) is 58.8 Å². The highest BCUT2D eigenvalue weighted by molar-refractivity contribution is 7.80. The van der Waals surface area contributed by atoms with Crippen LogP contribution in [0.5, 0.6) is 0 Å². The lowest BCUT2D eigenvalue weighted by molar-refractivity contribution is 0.399. The first-order valence-electron chi connectivity index (χ1n) is 5.43. The van der Waals surface area contributed by atoms with E-state index in [1.54, 1.807) is 0 Å². The molecule has 0 spiro atoms. The molecular weight excluding hydrogens is 164 g/mol. The zero-order valence-corrected chi connectivity index (χ0v) is 9.46. The molecule has 0 amide bonds. The van der Waals surface area contributed by atoms with E-state index < -0.39 is 0 Å². The van der Waals surface area contributed by atoms with Crippen LogP contribution in [0.1, 0.15) is 58.8 Å². The second kappa shape index (κ2) is 9.44. The average molecular weight is 187 g/mol. The van der Waals surface area contributed by atoms with Gasteiger partial charge in [0.25, 0.3) is 0 Å². The molecule has 12 heavy (non-hydrogen) atoms. The van der Waals surface area contributed by atoms with Gasteiger partial charge < -0.3 is 0 Å². The maximum Gasteiger partial charge on any atom is 0.00370 e. The summed E-state index contributed by atoms with van der Waals surface area (Å²) >= 11 is 4.97. The topological polar surface area (TPSA) is 0 Å². The van der Waals surface area contributed by atoms with E-state index in [1.807, 2.05) is 0 Å². The van der Waals surface area contributed by atoms with E-state index in [4.69, 9.17) is 12.6 Å². The van der Waals surface area contributed by atoms with Crippen molar-refractivity contribution in [3.05, 3.63) is 0 Å². The standard InChI is InChI=1S/C11H23S/c1-3-5-8-11(7-4-2)9-6-10-12/h11H,3-10H2,1-2H3. The molecule has 1 radical (unpaired) electrons. The molecule has 1 heteroatoms. The molecule has 0 bridgehead atoms. The Labute approximate surface area is 83.5 Å². The molecule has 1 unspecified atom stereocenters. The van der Waals surface area contributed by atoms with Gasteiger partial charge in [0.2, 0.25) is 0 Å². The summed E-state index contributed by atoms with van der Waals surface area (Å²) in [5.74, 6) is 1.92. The maximum absolute atomic E-state index is 4.97. The molecule has 1 atom stereocenters. The Kier molecular flexibility index (Phi) is 9.71. The predicted molar refractivity (Wildman–Crippen MR) is 59.6 cm³/mol. The fourth-order valence-corrected chi connectivity index (χ4v) is 1.87. The predicted octanol–water partition coefficient (Wildman–Crippen LogP) is 4.57. The molecular formula is C11H23S. The van der Waals surface area contributed by atoms with Crippen molar-refractivity contribution in [2.75, 3.05) is 5.75 Å². The summed E-state index contributed by atoms with van der Waals surface area (Å²) in [5.41, 5.74) is 0. The van der Waals surface area contributed by atoms with E-state index >= 15 is 0 Å². The Bertz CT molecular complexity index is 73.1. The zero-order chi connectivity index (χ0) is 9.23. The minimum atomic E-state index is 0.951. The molecule has 0 aliphatic heterocycles. The highest BCUT2D eigenvalue weighted by Gasteiger charge is 2.05. The van der Waals surface area contributed by atoms with Gasteiger partial charge in [0.1, 0.15) is 0 Å². The third-order valence-corrected chi connectivity index (χ3v) is 2.71. The van der Waals surface area contributed by atoms with Gasteiger partial charge in [-0.2, -0.15) is 0 Å². The molecule has 0 aliphatic carbocycles. The largest absolute Gasteiger partial charge is 0.0942 e. The summed E-state index contributed by atoms with van der Waals surface area (Å²) in [7, 11) is 0. The lowest BCUT2D eigenvalue weighted by Gasteiger charge is -2.14. The summed E-state index contributed by atoms with van der Waals surface area (Å²) < 4.78 is 0. The van der Waals surface area contributed by atoms with Crippen LogP contribution < -0.4 is 0 Å². The van der Waals surface area contributed by atoms with E-state index in [9.17, 15) is 0 Å². The van der Waals surface area contributed by atoms with E-state index in [-0.39, 0.29) is 0 Å². The Morgan fingerprint density at radius 2 is 1.58 bits per heavy atom. The van der Waals surface area contributed by atoms with Crippen molar-refractivity contribution < 1.29 is 0 Å². The van der Waals surface area contributed by atoms with E-state index in [2.05, 4.69) is 13.8 Å². The molecule has 0 aromatic rings. The van der Waals surface area contributed by atoms with Gasteiger partial charge >= 0.3 is 0 Å². The summed E-state index contributed by atoms with van der Waals surface area (Å²) in [4.78, 5) is 0. The lowest BCUT2D eigenvalue weighted by atomic mass is 9.93. The summed E-state index contributed by atoms with van der Waals surface area (Å²) in [5, 5.41) is 0. The van der Waals surface area contributed by atoms with Gasteiger partial charge in [-0.15, -0.1) is 0 Å². The number of rotatable bonds is 8. The quantitative estimate of drug-likeness (QED) is 0.522. The summed E-state index contributed by atoms with van der Waals surface area (Å²) in [6.07, 6.45) is 9.55. The van der Waals surface area contributed by atoms with Crippen molar-refractivity contribution in [2.24, 2.45) is 5.92 Å². The number of unbranched alkanes of at least 4 members (excludes halogenated alkanes) is 1.